The maximum Gasteiger partial charge on any atom is 0.234 e. The molecular weight excluding hydrogens is 428 g/mol. The summed E-state index contributed by atoms with van der Waals surface area (Å²) in [7, 11) is 0. The van der Waals surface area contributed by atoms with E-state index in [2.05, 4.69) is 58.2 Å². The van der Waals surface area contributed by atoms with Gasteiger partial charge in [-0.05, 0) is 48.3 Å². The highest BCUT2D eigenvalue weighted by atomic mass is 32.2. The van der Waals surface area contributed by atoms with Crippen molar-refractivity contribution in [1.29, 1.82) is 0 Å². The molecule has 1 saturated heterocycles. The molecule has 0 radical (unpaired) electrons. The van der Waals surface area contributed by atoms with E-state index in [0.717, 1.165) is 53.8 Å². The van der Waals surface area contributed by atoms with Crippen LogP contribution in [0, 0.1) is 0 Å². The van der Waals surface area contributed by atoms with Gasteiger partial charge in [-0.1, -0.05) is 49.9 Å². The minimum atomic E-state index is -0.0232. The Balaban J connectivity index is 1.49. The number of para-hydroxylation sites is 1. The van der Waals surface area contributed by atoms with Crippen LogP contribution in [0.1, 0.15) is 37.8 Å². The number of carbonyl (C=O) groups is 1. The second kappa shape index (κ2) is 10.4. The number of anilines is 1. The number of thioether (sulfide) groups is 1. The number of hydrogen-bond acceptors (Lipinski definition) is 6. The van der Waals surface area contributed by atoms with Crippen LogP contribution in [0.4, 0.5) is 5.69 Å². The Hall–Kier alpha value is -2.16. The molecule has 1 N–H and O–H groups in total. The summed E-state index contributed by atoms with van der Waals surface area (Å²) in [5, 5.41) is 14.8. The SMILES string of the molecule is CCc1cccc(CC)c1NC(=O)CSc1nnc(-c2cccs2)n1CC1CCCO1. The fraction of sp³-hybridized carbons (Fsp3) is 0.435. The van der Waals surface area contributed by atoms with Gasteiger partial charge in [0, 0.05) is 12.3 Å². The summed E-state index contributed by atoms with van der Waals surface area (Å²) in [4.78, 5) is 13.9. The first kappa shape index (κ1) is 22.0. The van der Waals surface area contributed by atoms with Gasteiger partial charge in [-0.3, -0.25) is 9.36 Å². The van der Waals surface area contributed by atoms with Crippen molar-refractivity contribution in [2.75, 3.05) is 17.7 Å². The van der Waals surface area contributed by atoms with Crippen LogP contribution in [-0.4, -0.2) is 39.1 Å². The van der Waals surface area contributed by atoms with Crippen molar-refractivity contribution in [2.45, 2.75) is 57.3 Å². The largest absolute Gasteiger partial charge is 0.376 e. The number of carbonyl (C=O) groups excluding carboxylic acids is 1. The van der Waals surface area contributed by atoms with Gasteiger partial charge in [0.15, 0.2) is 11.0 Å². The molecule has 0 bridgehead atoms. The second-order valence-corrected chi connectivity index (χ2v) is 9.41. The smallest absolute Gasteiger partial charge is 0.234 e. The van der Waals surface area contributed by atoms with Crippen LogP contribution in [0.5, 0.6) is 0 Å². The van der Waals surface area contributed by atoms with E-state index in [9.17, 15) is 4.79 Å². The molecule has 6 nitrogen and oxygen atoms in total. The highest BCUT2D eigenvalue weighted by Gasteiger charge is 2.22. The predicted molar refractivity (Wildman–Crippen MR) is 127 cm³/mol. The van der Waals surface area contributed by atoms with Gasteiger partial charge >= 0.3 is 0 Å². The van der Waals surface area contributed by atoms with Gasteiger partial charge in [0.2, 0.25) is 5.91 Å². The average Bonchev–Trinajstić information content (AvgIpc) is 3.55. The molecule has 1 unspecified atom stereocenters. The molecule has 1 aliphatic rings. The molecule has 8 heteroatoms. The topological polar surface area (TPSA) is 69.0 Å². The first-order valence-electron chi connectivity index (χ1n) is 10.8. The maximum atomic E-state index is 12.8. The summed E-state index contributed by atoms with van der Waals surface area (Å²) in [6.45, 7) is 5.74. The van der Waals surface area contributed by atoms with Gasteiger partial charge in [0.05, 0.1) is 23.3 Å². The molecule has 0 spiro atoms. The van der Waals surface area contributed by atoms with E-state index in [4.69, 9.17) is 4.74 Å². The van der Waals surface area contributed by atoms with Crippen molar-refractivity contribution in [2.24, 2.45) is 0 Å². The molecule has 164 valence electrons. The van der Waals surface area contributed by atoms with E-state index in [-0.39, 0.29) is 17.8 Å². The van der Waals surface area contributed by atoms with Crippen LogP contribution in [-0.2, 0) is 28.9 Å². The molecule has 31 heavy (non-hydrogen) atoms. The minimum absolute atomic E-state index is 0.0232. The predicted octanol–water partition coefficient (Wildman–Crippen LogP) is 5.04. The van der Waals surface area contributed by atoms with Gasteiger partial charge in [-0.15, -0.1) is 21.5 Å². The monoisotopic (exact) mass is 456 g/mol. The number of thiophene rings is 1. The Morgan fingerprint density at radius 1 is 1.23 bits per heavy atom. The maximum absolute atomic E-state index is 12.8. The molecule has 3 heterocycles. The Morgan fingerprint density at radius 2 is 2.03 bits per heavy atom. The molecule has 1 aromatic carbocycles. The van der Waals surface area contributed by atoms with Crippen LogP contribution in [0.3, 0.4) is 0 Å². The lowest BCUT2D eigenvalue weighted by Gasteiger charge is -2.15. The summed E-state index contributed by atoms with van der Waals surface area (Å²) in [6.07, 6.45) is 4.07. The van der Waals surface area contributed by atoms with E-state index in [1.165, 1.54) is 22.9 Å². The van der Waals surface area contributed by atoms with Crippen molar-refractivity contribution in [3.63, 3.8) is 0 Å². The first-order chi connectivity index (χ1) is 15.2. The van der Waals surface area contributed by atoms with E-state index in [1.807, 2.05) is 11.4 Å². The Kier molecular flexibility index (Phi) is 7.42. The van der Waals surface area contributed by atoms with Crippen molar-refractivity contribution in [1.82, 2.24) is 14.8 Å². The molecule has 0 aliphatic carbocycles. The van der Waals surface area contributed by atoms with Crippen molar-refractivity contribution in [3.05, 3.63) is 46.8 Å². The van der Waals surface area contributed by atoms with Gasteiger partial charge in [-0.25, -0.2) is 0 Å². The summed E-state index contributed by atoms with van der Waals surface area (Å²) < 4.78 is 7.96. The Labute approximate surface area is 191 Å². The average molecular weight is 457 g/mol. The molecule has 3 aromatic rings. The third-order valence-corrected chi connectivity index (χ3v) is 7.30. The lowest BCUT2D eigenvalue weighted by atomic mass is 10.0. The fourth-order valence-electron chi connectivity index (χ4n) is 3.85. The molecule has 1 amide bonds. The molecular formula is C23H28N4O2S2. The number of aryl methyl sites for hydroxylation is 2. The Morgan fingerprint density at radius 3 is 2.68 bits per heavy atom. The lowest BCUT2D eigenvalue weighted by Crippen LogP contribution is -2.19. The number of aromatic nitrogens is 3. The number of hydrogen-bond donors (Lipinski definition) is 1. The number of nitrogens with one attached hydrogen (secondary N) is 1. The highest BCUT2D eigenvalue weighted by molar-refractivity contribution is 7.99. The zero-order valence-corrected chi connectivity index (χ0v) is 19.6. The summed E-state index contributed by atoms with van der Waals surface area (Å²) in [6, 6.07) is 10.3. The van der Waals surface area contributed by atoms with E-state index in [1.54, 1.807) is 11.3 Å². The number of nitrogens with zero attached hydrogens (tertiary/aromatic N) is 3. The van der Waals surface area contributed by atoms with Crippen LogP contribution >= 0.6 is 23.1 Å². The number of amides is 1. The van der Waals surface area contributed by atoms with Gasteiger partial charge in [0.25, 0.3) is 0 Å². The lowest BCUT2D eigenvalue weighted by molar-refractivity contribution is -0.113. The summed E-state index contributed by atoms with van der Waals surface area (Å²) in [5.41, 5.74) is 3.29. The van der Waals surface area contributed by atoms with E-state index >= 15 is 0 Å². The van der Waals surface area contributed by atoms with Gasteiger partial charge in [0.1, 0.15) is 0 Å². The normalized spacial score (nSPS) is 16.0. The summed E-state index contributed by atoms with van der Waals surface area (Å²) >= 11 is 3.07. The molecule has 1 atom stereocenters. The minimum Gasteiger partial charge on any atom is -0.376 e. The third kappa shape index (κ3) is 5.19. The molecule has 4 rings (SSSR count). The molecule has 1 fully saturated rings. The fourth-order valence-corrected chi connectivity index (χ4v) is 5.31. The quantitative estimate of drug-likeness (QED) is 0.457. The molecule has 2 aromatic heterocycles. The van der Waals surface area contributed by atoms with Crippen LogP contribution in [0.2, 0.25) is 0 Å². The molecule has 0 saturated carbocycles. The highest BCUT2D eigenvalue weighted by Crippen LogP contribution is 2.29. The molecule has 1 aliphatic heterocycles. The zero-order valence-electron chi connectivity index (χ0n) is 18.0. The number of ether oxygens (including phenoxy) is 1. The van der Waals surface area contributed by atoms with Crippen molar-refractivity contribution >= 4 is 34.7 Å². The van der Waals surface area contributed by atoms with Crippen molar-refractivity contribution in [3.8, 4) is 10.7 Å². The van der Waals surface area contributed by atoms with Gasteiger partial charge < -0.3 is 10.1 Å². The third-order valence-electron chi connectivity index (χ3n) is 5.46. The first-order valence-corrected chi connectivity index (χ1v) is 12.7. The van der Waals surface area contributed by atoms with Crippen LogP contribution in [0.15, 0.2) is 40.9 Å². The second-order valence-electron chi connectivity index (χ2n) is 7.52. The van der Waals surface area contributed by atoms with Gasteiger partial charge in [-0.2, -0.15) is 0 Å². The van der Waals surface area contributed by atoms with E-state index < -0.39 is 0 Å². The summed E-state index contributed by atoms with van der Waals surface area (Å²) in [5.74, 6) is 1.11. The van der Waals surface area contributed by atoms with Crippen LogP contribution < -0.4 is 5.32 Å². The van der Waals surface area contributed by atoms with Crippen LogP contribution in [0.25, 0.3) is 10.7 Å². The number of benzene rings is 1. The van der Waals surface area contributed by atoms with Crippen molar-refractivity contribution < 1.29 is 9.53 Å². The Bertz CT molecular complexity index is 989. The zero-order chi connectivity index (χ0) is 21.6. The standard InChI is InChI=1S/C23H28N4O2S2/c1-3-16-8-5-9-17(4-2)21(16)24-20(28)15-31-23-26-25-22(19-11-7-13-30-19)27(23)14-18-10-6-12-29-18/h5,7-9,11,13,18H,3-4,6,10,12,14-15H2,1-2H3,(H,24,28). The number of rotatable bonds is 9. The van der Waals surface area contributed by atoms with E-state index in [0.29, 0.717) is 6.54 Å².